The third kappa shape index (κ3) is 4.73. The molecule has 0 atom stereocenters. The highest BCUT2D eigenvalue weighted by Crippen LogP contribution is 2.27. The molecule has 0 radical (unpaired) electrons. The first kappa shape index (κ1) is 19.7. The van der Waals surface area contributed by atoms with Crippen LogP contribution in [0.5, 0.6) is 0 Å². The number of nitrogens with zero attached hydrogens (tertiary/aromatic N) is 1. The van der Waals surface area contributed by atoms with Crippen molar-refractivity contribution in [3.05, 3.63) is 86.3 Å². The first-order valence-electron chi connectivity index (χ1n) is 7.01. The van der Waals surface area contributed by atoms with Crippen LogP contribution in [0.2, 0.25) is 10.0 Å². The lowest BCUT2D eigenvalue weighted by Crippen LogP contribution is -2.04. The second kappa shape index (κ2) is 8.68. The molecule has 3 rings (SSSR count). The fourth-order valence-electron chi connectivity index (χ4n) is 2.18. The van der Waals surface area contributed by atoms with Crippen LogP contribution < -0.4 is 0 Å². The monoisotopic (exact) mass is 456 g/mol. The number of halogens is 4. The van der Waals surface area contributed by atoms with Crippen LogP contribution in [-0.4, -0.2) is 15.8 Å². The Labute approximate surface area is 169 Å². The van der Waals surface area contributed by atoms with Crippen LogP contribution in [0, 0.1) is 0 Å². The van der Waals surface area contributed by atoms with Crippen molar-refractivity contribution in [1.29, 1.82) is 0 Å². The molecule has 1 heterocycles. The van der Waals surface area contributed by atoms with Gasteiger partial charge in [0.2, 0.25) is 0 Å². The van der Waals surface area contributed by atoms with Gasteiger partial charge in [-0.1, -0.05) is 45.2 Å². The van der Waals surface area contributed by atoms with E-state index in [4.69, 9.17) is 23.2 Å². The molecule has 2 aromatic carbocycles. The fraction of sp³-hybridized carbons (Fsp3) is 0. The Morgan fingerprint density at radius 3 is 2.44 bits per heavy atom. The minimum atomic E-state index is -0.150. The van der Waals surface area contributed by atoms with Crippen molar-refractivity contribution in [2.75, 3.05) is 0 Å². The van der Waals surface area contributed by atoms with Crippen molar-refractivity contribution in [2.24, 2.45) is 0 Å². The molecule has 1 aromatic heterocycles. The number of aromatic amines is 1. The molecule has 0 saturated heterocycles. The number of imidazole rings is 1. The summed E-state index contributed by atoms with van der Waals surface area (Å²) in [6, 6.07) is 12.3. The number of nitrogens with one attached hydrogen (secondary N) is 1. The largest absolute Gasteiger partial charge is 0.345 e. The molecule has 1 N–H and O–H groups in total. The number of Topliss-reactive ketones (excluding diaryl/α,β-unsaturated/α-hetero) is 1. The van der Waals surface area contributed by atoms with Crippen LogP contribution in [0.15, 0.2) is 59.3 Å². The van der Waals surface area contributed by atoms with Gasteiger partial charge in [0.25, 0.3) is 0 Å². The summed E-state index contributed by atoms with van der Waals surface area (Å²) in [6.45, 7) is 0. The minimum absolute atomic E-state index is 0. The standard InChI is InChI=1S/C18H11BrCl2N2O.ClH/c19-13-4-1-11(2-5-13)17(24)15(18-22-7-8-23-18)9-12-3-6-14(20)10-16(12)21;/h1-10H,(H,22,23);1H/b15-9-;. The average Bonchev–Trinajstić information content (AvgIpc) is 3.08. The molecule has 0 fully saturated rings. The van der Waals surface area contributed by atoms with Crippen LogP contribution in [0.25, 0.3) is 11.6 Å². The molecule has 3 nitrogen and oxygen atoms in total. The van der Waals surface area contributed by atoms with Gasteiger partial charge in [0.15, 0.2) is 5.78 Å². The number of carbonyl (C=O) groups is 1. The van der Waals surface area contributed by atoms with Gasteiger partial charge >= 0.3 is 0 Å². The van der Waals surface area contributed by atoms with E-state index >= 15 is 0 Å². The highest BCUT2D eigenvalue weighted by molar-refractivity contribution is 9.10. The Hall–Kier alpha value is -1.59. The summed E-state index contributed by atoms with van der Waals surface area (Å²) >= 11 is 15.5. The number of carbonyl (C=O) groups excluding carboxylic acids is 1. The second-order valence-corrected chi connectivity index (χ2v) is 6.76. The van der Waals surface area contributed by atoms with E-state index in [1.807, 2.05) is 12.1 Å². The summed E-state index contributed by atoms with van der Waals surface area (Å²) in [5, 5.41) is 1.01. The number of allylic oxidation sites excluding steroid dienone is 1. The maximum absolute atomic E-state index is 12.9. The molecule has 25 heavy (non-hydrogen) atoms. The maximum Gasteiger partial charge on any atom is 0.196 e. The van der Waals surface area contributed by atoms with E-state index in [2.05, 4.69) is 25.9 Å². The minimum Gasteiger partial charge on any atom is -0.345 e. The number of hydrogen-bond acceptors (Lipinski definition) is 2. The van der Waals surface area contributed by atoms with E-state index in [9.17, 15) is 4.79 Å². The Kier molecular flexibility index (Phi) is 6.85. The van der Waals surface area contributed by atoms with Crippen LogP contribution in [0.3, 0.4) is 0 Å². The van der Waals surface area contributed by atoms with E-state index in [1.54, 1.807) is 48.8 Å². The molecule has 0 aliphatic heterocycles. The van der Waals surface area contributed by atoms with Crippen LogP contribution >= 0.6 is 51.5 Å². The Bertz CT molecular complexity index is 907. The summed E-state index contributed by atoms with van der Waals surface area (Å²) in [4.78, 5) is 20.1. The van der Waals surface area contributed by atoms with Crippen molar-refractivity contribution in [1.82, 2.24) is 9.97 Å². The summed E-state index contributed by atoms with van der Waals surface area (Å²) in [5.41, 5.74) is 1.68. The predicted molar refractivity (Wildman–Crippen MR) is 109 cm³/mol. The molecule has 3 aromatic rings. The smallest absolute Gasteiger partial charge is 0.196 e. The van der Waals surface area contributed by atoms with Gasteiger partial charge in [0, 0.05) is 32.5 Å². The molecule has 0 unspecified atom stereocenters. The van der Waals surface area contributed by atoms with Gasteiger partial charge in [-0.15, -0.1) is 12.4 Å². The van der Waals surface area contributed by atoms with Crippen molar-refractivity contribution >= 4 is 69.0 Å². The van der Waals surface area contributed by atoms with Gasteiger partial charge in [-0.05, 0) is 48.0 Å². The highest BCUT2D eigenvalue weighted by Gasteiger charge is 2.17. The normalized spacial score (nSPS) is 11.1. The quantitative estimate of drug-likeness (QED) is 0.367. The van der Waals surface area contributed by atoms with Gasteiger partial charge in [-0.3, -0.25) is 4.79 Å². The van der Waals surface area contributed by atoms with Gasteiger partial charge < -0.3 is 4.98 Å². The van der Waals surface area contributed by atoms with Crippen LogP contribution in [0.1, 0.15) is 21.7 Å². The van der Waals surface area contributed by atoms with Crippen molar-refractivity contribution in [3.8, 4) is 0 Å². The Balaban J connectivity index is 0.00000225. The lowest BCUT2D eigenvalue weighted by molar-refractivity contribution is 0.105. The number of benzene rings is 2. The molecule has 128 valence electrons. The third-order valence-electron chi connectivity index (χ3n) is 3.37. The second-order valence-electron chi connectivity index (χ2n) is 5.00. The zero-order chi connectivity index (χ0) is 17.1. The molecule has 0 amide bonds. The third-order valence-corrected chi connectivity index (χ3v) is 4.46. The summed E-state index contributed by atoms with van der Waals surface area (Å²) in [5.74, 6) is 0.331. The summed E-state index contributed by atoms with van der Waals surface area (Å²) < 4.78 is 0.906. The average molecular weight is 459 g/mol. The molecular formula is C18H12BrCl3N2O. The number of rotatable bonds is 4. The van der Waals surface area contributed by atoms with Crippen LogP contribution in [0.4, 0.5) is 0 Å². The molecular weight excluding hydrogens is 446 g/mol. The zero-order valence-corrected chi connectivity index (χ0v) is 16.6. The fourth-order valence-corrected chi connectivity index (χ4v) is 2.91. The summed E-state index contributed by atoms with van der Waals surface area (Å²) in [6.07, 6.45) is 4.98. The van der Waals surface area contributed by atoms with Gasteiger partial charge in [-0.25, -0.2) is 4.98 Å². The maximum atomic E-state index is 12.9. The van der Waals surface area contributed by atoms with Gasteiger partial charge in [-0.2, -0.15) is 0 Å². The van der Waals surface area contributed by atoms with Gasteiger partial charge in [0.1, 0.15) is 5.82 Å². The number of ketones is 1. The van der Waals surface area contributed by atoms with E-state index in [0.717, 1.165) is 4.47 Å². The van der Waals surface area contributed by atoms with Crippen molar-refractivity contribution < 1.29 is 4.79 Å². The predicted octanol–water partition coefficient (Wildman–Crippen LogP) is 6.32. The Morgan fingerprint density at radius 1 is 1.12 bits per heavy atom. The van der Waals surface area contributed by atoms with Crippen LogP contribution in [-0.2, 0) is 0 Å². The first-order chi connectivity index (χ1) is 11.5. The number of aromatic nitrogens is 2. The van der Waals surface area contributed by atoms with E-state index in [-0.39, 0.29) is 18.2 Å². The Morgan fingerprint density at radius 2 is 1.84 bits per heavy atom. The van der Waals surface area contributed by atoms with Crippen molar-refractivity contribution in [2.45, 2.75) is 0 Å². The molecule has 0 bridgehead atoms. The zero-order valence-electron chi connectivity index (χ0n) is 12.7. The highest BCUT2D eigenvalue weighted by atomic mass is 79.9. The van der Waals surface area contributed by atoms with E-state index < -0.39 is 0 Å². The first-order valence-corrected chi connectivity index (χ1v) is 8.56. The lowest BCUT2D eigenvalue weighted by Gasteiger charge is -2.06. The number of H-pyrrole nitrogens is 1. The van der Waals surface area contributed by atoms with Crippen molar-refractivity contribution in [3.63, 3.8) is 0 Å². The molecule has 0 spiro atoms. The van der Waals surface area contributed by atoms with E-state index in [1.165, 1.54) is 0 Å². The van der Waals surface area contributed by atoms with E-state index in [0.29, 0.717) is 32.6 Å². The molecule has 0 aliphatic rings. The van der Waals surface area contributed by atoms with Gasteiger partial charge in [0.05, 0.1) is 5.57 Å². The number of hydrogen-bond donors (Lipinski definition) is 1. The lowest BCUT2D eigenvalue weighted by atomic mass is 10.0. The topological polar surface area (TPSA) is 45.8 Å². The molecule has 0 aliphatic carbocycles. The molecule has 0 saturated carbocycles. The SMILES string of the molecule is Cl.O=C(/C(=C/c1ccc(Cl)cc1Cl)c1ncc[nH]1)c1ccc(Br)cc1. The molecule has 7 heteroatoms. The summed E-state index contributed by atoms with van der Waals surface area (Å²) in [7, 11) is 0.